The van der Waals surface area contributed by atoms with Crippen LogP contribution in [0.4, 0.5) is 24.5 Å². The number of imide groups is 1. The van der Waals surface area contributed by atoms with Gasteiger partial charge in [0.05, 0.1) is 16.1 Å². The molecular weight excluding hydrogens is 1250 g/mol. The lowest BCUT2D eigenvalue weighted by Crippen LogP contribution is -2.52. The molecule has 1 aliphatic carbocycles. The molecule has 5 aromatic rings. The van der Waals surface area contributed by atoms with Gasteiger partial charge in [-0.1, -0.05) is 67.4 Å². The summed E-state index contributed by atoms with van der Waals surface area (Å²) in [7, 11) is -11.1. The first-order valence-electron chi connectivity index (χ1n) is 28.8. The monoisotopic (exact) mass is 1320 g/mol. The first kappa shape index (κ1) is 61.8. The second kappa shape index (κ2) is 25.0. The number of alkyl halides is 3. The third kappa shape index (κ3) is 13.6. The van der Waals surface area contributed by atoms with Crippen molar-refractivity contribution in [3.8, 4) is 0 Å². The highest BCUT2D eigenvalue weighted by atomic mass is 79.9. The van der Waals surface area contributed by atoms with Crippen molar-refractivity contribution in [2.45, 2.75) is 116 Å². The number of allylic oxidation sites excluding steroid dienone is 1. The van der Waals surface area contributed by atoms with Crippen molar-refractivity contribution in [1.29, 1.82) is 0 Å². The number of anilines is 2. The Morgan fingerprint density at radius 3 is 2.26 bits per heavy atom. The molecule has 11 rings (SSSR count). The molecule has 4 fully saturated rings. The van der Waals surface area contributed by atoms with Gasteiger partial charge < -0.3 is 15.1 Å². The Kier molecular flexibility index (Phi) is 18.0. The number of carbonyl (C=O) groups excluding carboxylic acids is 4. The van der Waals surface area contributed by atoms with Gasteiger partial charge in [-0.25, -0.2) is 21.6 Å². The molecular formula is C62H67BrClF3N8O8S3. The molecule has 0 radical (unpaired) electrons. The molecule has 5 heterocycles. The molecule has 456 valence electrons. The molecule has 4 atom stereocenters. The van der Waals surface area contributed by atoms with Crippen LogP contribution >= 0.6 is 39.3 Å². The Balaban J connectivity index is 0.730. The molecule has 24 heteroatoms. The standard InChI is InChI=1S/C62H67BrClF3N8O8S3/c1-61(2)22-20-51(40-8-12-44(64)13-9-40)43(32-61)34-71-24-26-72(27-25-71)46-14-10-41(11-15-46)58(77)70-86(82,83)50-16-17-53(55(31-50)85(80,81)62(65,66)67)68-45(38-84-49-6-4-3-5-7-49)21-23-73-36-48-30-47(73)37-74(48)33-39-28-42-35-75(60(79)57(42)52(63)29-39)54-18-19-56(76)69-59(54)78/h3-17,28-29,31,45,47-48,54,68H,18-27,30,32-38H2,1-2H3,(H,70,77)(H,69,76,78)/t45-,47+,48+,54?/m1/s1. The maximum absolute atomic E-state index is 14.6. The third-order valence-corrected chi connectivity index (χ3v) is 22.4. The molecule has 5 aromatic carbocycles. The number of piperidine rings is 1. The Bertz CT molecular complexity index is 3700. The van der Waals surface area contributed by atoms with Crippen LogP contribution in [0.15, 0.2) is 134 Å². The van der Waals surface area contributed by atoms with E-state index >= 15 is 0 Å². The smallest absolute Gasteiger partial charge is 0.380 e. The van der Waals surface area contributed by atoms with Crippen LogP contribution in [0.1, 0.15) is 96.2 Å². The quantitative estimate of drug-likeness (QED) is 0.0523. The number of carbonyl (C=O) groups is 4. The van der Waals surface area contributed by atoms with E-state index in [0.717, 1.165) is 85.7 Å². The van der Waals surface area contributed by atoms with Gasteiger partial charge in [-0.3, -0.25) is 39.2 Å². The highest BCUT2D eigenvalue weighted by molar-refractivity contribution is 9.10. The van der Waals surface area contributed by atoms with Crippen molar-refractivity contribution in [2.75, 3.05) is 68.3 Å². The average Bonchev–Trinajstić information content (AvgIpc) is 1.48. The van der Waals surface area contributed by atoms with E-state index in [0.29, 0.717) is 66.0 Å². The highest BCUT2D eigenvalue weighted by Gasteiger charge is 2.49. The molecule has 5 aliphatic heterocycles. The molecule has 16 nitrogen and oxygen atoms in total. The number of likely N-dealkylation sites (tertiary alicyclic amines) is 2. The number of nitrogens with one attached hydrogen (secondary N) is 3. The van der Waals surface area contributed by atoms with Crippen LogP contribution in [-0.4, -0.2) is 148 Å². The number of amides is 4. The summed E-state index contributed by atoms with van der Waals surface area (Å²) in [6, 6.07) is 29.2. The van der Waals surface area contributed by atoms with Gasteiger partial charge in [0.2, 0.25) is 11.8 Å². The number of thioether (sulfide) groups is 1. The zero-order valence-corrected chi connectivity index (χ0v) is 52.3. The maximum atomic E-state index is 14.6. The van der Waals surface area contributed by atoms with E-state index in [1.807, 2.05) is 59.3 Å². The lowest BCUT2D eigenvalue weighted by Gasteiger charge is -2.39. The molecule has 86 heavy (non-hydrogen) atoms. The second-order valence-corrected chi connectivity index (χ2v) is 30.0. The fourth-order valence-electron chi connectivity index (χ4n) is 13.0. The molecule has 1 unspecified atom stereocenters. The summed E-state index contributed by atoms with van der Waals surface area (Å²) in [5.74, 6) is -1.83. The Hall–Kier alpha value is -5.79. The number of nitrogens with zero attached hydrogens (tertiary/aromatic N) is 5. The molecule has 0 saturated carbocycles. The first-order chi connectivity index (χ1) is 40.9. The Morgan fingerprint density at radius 2 is 1.57 bits per heavy atom. The SMILES string of the molecule is CC1(C)CCC(c2ccc(Cl)cc2)=C(CN2CCN(c3ccc(C(=O)NS(=O)(=O)c4ccc(N[C@H](CCN5C[C@@H]6C[C@H]5CN6Cc5cc(Br)c6c(c5)CN(C5CCC(=O)NC5=O)C6=O)CSc5ccccc5)c(S(=O)(=O)C(F)(F)F)c4)cc3)CC2)C1. The molecule has 3 N–H and O–H groups in total. The van der Waals surface area contributed by atoms with Crippen molar-refractivity contribution < 1.29 is 49.2 Å². The predicted octanol–water partition coefficient (Wildman–Crippen LogP) is 9.98. The van der Waals surface area contributed by atoms with Gasteiger partial charge in [-0.15, -0.1) is 11.8 Å². The van der Waals surface area contributed by atoms with Crippen LogP contribution in [0.3, 0.4) is 0 Å². The van der Waals surface area contributed by atoms with Gasteiger partial charge in [-0.05, 0) is 155 Å². The predicted molar refractivity (Wildman–Crippen MR) is 329 cm³/mol. The zero-order valence-electron chi connectivity index (χ0n) is 47.5. The van der Waals surface area contributed by atoms with E-state index in [1.165, 1.54) is 45.5 Å². The van der Waals surface area contributed by atoms with Crippen molar-refractivity contribution in [3.63, 3.8) is 0 Å². The Labute approximate surface area is 517 Å². The normalized spacial score (nSPS) is 21.7. The second-order valence-electron chi connectivity index (χ2n) is 24.0. The number of hydrogen-bond donors (Lipinski definition) is 3. The largest absolute Gasteiger partial charge is 0.501 e. The zero-order chi connectivity index (χ0) is 60.9. The first-order valence-corrected chi connectivity index (χ1v) is 34.0. The molecule has 0 aromatic heterocycles. The Morgan fingerprint density at radius 1 is 0.860 bits per heavy atom. The minimum atomic E-state index is -6.15. The van der Waals surface area contributed by atoms with Crippen molar-refractivity contribution in [1.82, 2.24) is 29.6 Å². The summed E-state index contributed by atoms with van der Waals surface area (Å²) in [5, 5.41) is 6.12. The van der Waals surface area contributed by atoms with Crippen molar-refractivity contribution in [3.05, 3.63) is 152 Å². The number of sulfone groups is 1. The summed E-state index contributed by atoms with van der Waals surface area (Å²) in [4.78, 5) is 61.2. The van der Waals surface area contributed by atoms with Crippen LogP contribution in [-0.2, 0) is 42.5 Å². The number of benzene rings is 5. The van der Waals surface area contributed by atoms with Gasteiger partial charge in [0.15, 0.2) is 0 Å². The molecule has 4 amide bonds. The summed E-state index contributed by atoms with van der Waals surface area (Å²) in [6.45, 7) is 11.3. The average molecular weight is 1320 g/mol. The summed E-state index contributed by atoms with van der Waals surface area (Å²) in [5.41, 5.74) is 1.09. The van der Waals surface area contributed by atoms with Crippen LogP contribution in [0.2, 0.25) is 5.02 Å². The van der Waals surface area contributed by atoms with Crippen LogP contribution in [0, 0.1) is 5.41 Å². The van der Waals surface area contributed by atoms with E-state index < -0.39 is 64.7 Å². The van der Waals surface area contributed by atoms with Crippen molar-refractivity contribution in [2.24, 2.45) is 5.41 Å². The van der Waals surface area contributed by atoms with E-state index in [1.54, 1.807) is 12.1 Å². The fourth-order valence-corrected chi connectivity index (χ4v) is 16.9. The number of hydrogen-bond acceptors (Lipinski definition) is 14. The van der Waals surface area contributed by atoms with Crippen LogP contribution in [0.25, 0.3) is 5.57 Å². The number of halogens is 5. The lowest BCUT2D eigenvalue weighted by atomic mass is 9.73. The van der Waals surface area contributed by atoms with Gasteiger partial charge in [-0.2, -0.15) is 13.2 Å². The van der Waals surface area contributed by atoms with Gasteiger partial charge in [0, 0.05) is 121 Å². The topological polar surface area (TPSA) is 189 Å². The molecule has 4 saturated heterocycles. The lowest BCUT2D eigenvalue weighted by molar-refractivity contribution is -0.136. The number of piperazine rings is 2. The third-order valence-electron chi connectivity index (χ3n) is 17.5. The van der Waals surface area contributed by atoms with Crippen LogP contribution in [0.5, 0.6) is 0 Å². The van der Waals surface area contributed by atoms with Gasteiger partial charge >= 0.3 is 5.51 Å². The summed E-state index contributed by atoms with van der Waals surface area (Å²) >= 11 is 11.3. The van der Waals surface area contributed by atoms with E-state index in [2.05, 4.69) is 72.1 Å². The van der Waals surface area contributed by atoms with E-state index in [4.69, 9.17) is 11.6 Å². The van der Waals surface area contributed by atoms with Crippen molar-refractivity contribution >= 4 is 99.7 Å². The van der Waals surface area contributed by atoms with E-state index in [-0.39, 0.29) is 54.3 Å². The molecule has 2 bridgehead atoms. The summed E-state index contributed by atoms with van der Waals surface area (Å²) in [6.07, 6.45) is 4.79. The van der Waals surface area contributed by atoms with Gasteiger partial charge in [0.1, 0.15) is 10.9 Å². The maximum Gasteiger partial charge on any atom is 0.501 e. The molecule has 0 spiro atoms. The fraction of sp³-hybridized carbons (Fsp3) is 0.419. The minimum absolute atomic E-state index is 0.0238. The number of rotatable bonds is 19. The molecule has 6 aliphatic rings. The van der Waals surface area contributed by atoms with E-state index in [9.17, 15) is 49.2 Å². The summed E-state index contributed by atoms with van der Waals surface area (Å²) < 4.78 is 101. The number of fused-ring (bicyclic) bond motifs is 3. The highest BCUT2D eigenvalue weighted by Crippen LogP contribution is 2.44. The van der Waals surface area contributed by atoms with Gasteiger partial charge in [0.25, 0.3) is 31.7 Å². The minimum Gasteiger partial charge on any atom is -0.380 e. The number of sulfonamides is 1. The van der Waals surface area contributed by atoms with Crippen LogP contribution < -0.4 is 20.3 Å².